The summed E-state index contributed by atoms with van der Waals surface area (Å²) in [4.78, 5) is 0. The van der Waals surface area contributed by atoms with E-state index >= 15 is 0 Å². The van der Waals surface area contributed by atoms with Crippen LogP contribution in [0.15, 0.2) is 53.0 Å². The number of nitrogens with one attached hydrogen (secondary N) is 1. The lowest BCUT2D eigenvalue weighted by molar-refractivity contribution is 0.0715. The van der Waals surface area contributed by atoms with E-state index in [4.69, 9.17) is 0 Å². The van der Waals surface area contributed by atoms with Gasteiger partial charge in [0.15, 0.2) is 0 Å². The van der Waals surface area contributed by atoms with Crippen LogP contribution in [0, 0.1) is 5.82 Å². The van der Waals surface area contributed by atoms with Gasteiger partial charge in [-0.1, -0.05) is 30.3 Å². The quantitative estimate of drug-likeness (QED) is 0.894. The molecule has 0 bridgehead atoms. The van der Waals surface area contributed by atoms with Gasteiger partial charge in [0.2, 0.25) is 0 Å². The predicted octanol–water partition coefficient (Wildman–Crippen LogP) is 3.91. The highest BCUT2D eigenvalue weighted by Gasteiger charge is 2.22. The van der Waals surface area contributed by atoms with Gasteiger partial charge in [0.05, 0.1) is 4.47 Å². The van der Waals surface area contributed by atoms with Crippen molar-refractivity contribution < 1.29 is 9.50 Å². The third-order valence-corrected chi connectivity index (χ3v) is 3.56. The normalized spacial score (nSPS) is 13.9. The second-order valence-corrected chi connectivity index (χ2v) is 5.48. The highest BCUT2D eigenvalue weighted by Crippen LogP contribution is 2.23. The maximum absolute atomic E-state index is 13.1. The molecule has 0 aliphatic rings. The molecule has 0 aliphatic carbocycles. The molecule has 4 heteroatoms. The molecule has 0 saturated carbocycles. The summed E-state index contributed by atoms with van der Waals surface area (Å²) in [5.74, 6) is -0.305. The topological polar surface area (TPSA) is 32.3 Å². The van der Waals surface area contributed by atoms with E-state index in [1.54, 1.807) is 19.1 Å². The number of benzene rings is 2. The van der Waals surface area contributed by atoms with Crippen molar-refractivity contribution in [1.82, 2.24) is 0 Å². The van der Waals surface area contributed by atoms with E-state index in [1.807, 2.05) is 30.3 Å². The molecule has 0 heterocycles. The Morgan fingerprint density at radius 3 is 2.53 bits per heavy atom. The fraction of sp³-hybridized carbons (Fsp3) is 0.200. The van der Waals surface area contributed by atoms with Crippen LogP contribution >= 0.6 is 15.9 Å². The van der Waals surface area contributed by atoms with E-state index in [0.717, 1.165) is 11.3 Å². The molecular formula is C15H15BrFNO. The van der Waals surface area contributed by atoms with Gasteiger partial charge in [0, 0.05) is 12.2 Å². The van der Waals surface area contributed by atoms with Crippen LogP contribution in [0.5, 0.6) is 0 Å². The molecule has 2 rings (SSSR count). The van der Waals surface area contributed by atoms with Crippen molar-refractivity contribution in [1.29, 1.82) is 0 Å². The van der Waals surface area contributed by atoms with Crippen molar-refractivity contribution in [2.75, 3.05) is 11.9 Å². The Hall–Kier alpha value is -1.39. The molecule has 2 aromatic rings. The Labute approximate surface area is 120 Å². The van der Waals surface area contributed by atoms with E-state index in [9.17, 15) is 9.50 Å². The molecule has 2 aromatic carbocycles. The lowest BCUT2D eigenvalue weighted by atomic mass is 9.96. The van der Waals surface area contributed by atoms with Crippen LogP contribution in [0.2, 0.25) is 0 Å². The molecule has 0 aromatic heterocycles. The molecule has 0 spiro atoms. The van der Waals surface area contributed by atoms with Gasteiger partial charge in [0.1, 0.15) is 11.4 Å². The van der Waals surface area contributed by atoms with E-state index in [1.165, 1.54) is 6.07 Å². The van der Waals surface area contributed by atoms with Crippen molar-refractivity contribution in [2.24, 2.45) is 0 Å². The Kier molecular flexibility index (Phi) is 4.22. The summed E-state index contributed by atoms with van der Waals surface area (Å²) in [6.07, 6.45) is 0. The number of aliphatic hydroxyl groups is 1. The molecule has 2 nitrogen and oxygen atoms in total. The van der Waals surface area contributed by atoms with Crippen LogP contribution in [-0.4, -0.2) is 11.7 Å². The van der Waals surface area contributed by atoms with E-state index < -0.39 is 5.60 Å². The van der Waals surface area contributed by atoms with Gasteiger partial charge in [-0.2, -0.15) is 0 Å². The average Bonchev–Trinajstić information content (AvgIpc) is 2.41. The summed E-state index contributed by atoms with van der Waals surface area (Å²) in [6, 6.07) is 14.1. The Morgan fingerprint density at radius 2 is 1.89 bits per heavy atom. The number of halogens is 2. The molecule has 0 radical (unpaired) electrons. The average molecular weight is 324 g/mol. The molecule has 100 valence electrons. The molecule has 0 saturated heterocycles. The molecular weight excluding hydrogens is 309 g/mol. The molecule has 0 aliphatic heterocycles. The first-order valence-electron chi connectivity index (χ1n) is 5.96. The maximum atomic E-state index is 13.1. The molecule has 19 heavy (non-hydrogen) atoms. The summed E-state index contributed by atoms with van der Waals surface area (Å²) >= 11 is 3.13. The Bertz CT molecular complexity index is 557. The minimum absolute atomic E-state index is 0.305. The van der Waals surface area contributed by atoms with Gasteiger partial charge < -0.3 is 10.4 Å². The van der Waals surface area contributed by atoms with Crippen LogP contribution in [-0.2, 0) is 5.60 Å². The second-order valence-electron chi connectivity index (χ2n) is 4.62. The minimum atomic E-state index is -0.984. The summed E-state index contributed by atoms with van der Waals surface area (Å²) in [7, 11) is 0. The zero-order valence-corrected chi connectivity index (χ0v) is 12.1. The molecule has 0 fully saturated rings. The summed E-state index contributed by atoms with van der Waals surface area (Å²) < 4.78 is 13.5. The van der Waals surface area contributed by atoms with Crippen LogP contribution < -0.4 is 5.32 Å². The zero-order valence-electron chi connectivity index (χ0n) is 10.5. The van der Waals surface area contributed by atoms with E-state index in [-0.39, 0.29) is 5.82 Å². The standard InChI is InChI=1S/C15H15BrFNO/c1-15(19,11-5-3-2-4-6-11)10-18-12-7-8-14(17)13(16)9-12/h2-9,18-19H,10H2,1H3. The van der Waals surface area contributed by atoms with Gasteiger partial charge in [-0.05, 0) is 46.6 Å². The third-order valence-electron chi connectivity index (χ3n) is 2.95. The Balaban J connectivity index is 2.07. The van der Waals surface area contributed by atoms with E-state index in [2.05, 4.69) is 21.2 Å². The van der Waals surface area contributed by atoms with Crippen LogP contribution in [0.1, 0.15) is 12.5 Å². The minimum Gasteiger partial charge on any atom is -0.384 e. The summed E-state index contributed by atoms with van der Waals surface area (Å²) in [5.41, 5.74) is 0.607. The predicted molar refractivity (Wildman–Crippen MR) is 78.6 cm³/mol. The molecule has 2 N–H and O–H groups in total. The summed E-state index contributed by atoms with van der Waals surface area (Å²) in [5, 5.41) is 13.5. The second kappa shape index (κ2) is 5.72. The highest BCUT2D eigenvalue weighted by molar-refractivity contribution is 9.10. The number of hydrogen-bond acceptors (Lipinski definition) is 2. The number of hydrogen-bond donors (Lipinski definition) is 2. The lowest BCUT2D eigenvalue weighted by Crippen LogP contribution is -2.30. The van der Waals surface area contributed by atoms with Crippen molar-refractivity contribution in [3.8, 4) is 0 Å². The van der Waals surface area contributed by atoms with Crippen LogP contribution in [0.25, 0.3) is 0 Å². The molecule has 0 amide bonds. The van der Waals surface area contributed by atoms with Crippen molar-refractivity contribution in [3.05, 3.63) is 64.4 Å². The fourth-order valence-electron chi connectivity index (χ4n) is 1.78. The smallest absolute Gasteiger partial charge is 0.137 e. The van der Waals surface area contributed by atoms with Gasteiger partial charge in [0.25, 0.3) is 0 Å². The van der Waals surface area contributed by atoms with Gasteiger partial charge >= 0.3 is 0 Å². The first-order chi connectivity index (χ1) is 8.99. The maximum Gasteiger partial charge on any atom is 0.137 e. The zero-order chi connectivity index (χ0) is 13.9. The number of rotatable bonds is 4. The van der Waals surface area contributed by atoms with Gasteiger partial charge in [-0.3, -0.25) is 0 Å². The Morgan fingerprint density at radius 1 is 1.21 bits per heavy atom. The fourth-order valence-corrected chi connectivity index (χ4v) is 2.16. The first-order valence-corrected chi connectivity index (χ1v) is 6.75. The summed E-state index contributed by atoms with van der Waals surface area (Å²) in [6.45, 7) is 2.09. The van der Waals surface area contributed by atoms with Crippen molar-refractivity contribution in [3.63, 3.8) is 0 Å². The number of anilines is 1. The molecule has 1 atom stereocenters. The van der Waals surface area contributed by atoms with Gasteiger partial charge in [-0.25, -0.2) is 4.39 Å². The van der Waals surface area contributed by atoms with Crippen LogP contribution in [0.4, 0.5) is 10.1 Å². The van der Waals surface area contributed by atoms with Crippen LogP contribution in [0.3, 0.4) is 0 Å². The first kappa shape index (κ1) is 14.0. The van der Waals surface area contributed by atoms with Crippen molar-refractivity contribution >= 4 is 21.6 Å². The van der Waals surface area contributed by atoms with Gasteiger partial charge in [-0.15, -0.1) is 0 Å². The van der Waals surface area contributed by atoms with Crippen molar-refractivity contribution in [2.45, 2.75) is 12.5 Å². The monoisotopic (exact) mass is 323 g/mol. The SMILES string of the molecule is CC(O)(CNc1ccc(F)c(Br)c1)c1ccccc1. The highest BCUT2D eigenvalue weighted by atomic mass is 79.9. The third kappa shape index (κ3) is 3.55. The molecule has 1 unspecified atom stereocenters. The van der Waals surface area contributed by atoms with E-state index in [0.29, 0.717) is 11.0 Å². The lowest BCUT2D eigenvalue weighted by Gasteiger charge is -2.25. The largest absolute Gasteiger partial charge is 0.384 e.